The van der Waals surface area contributed by atoms with E-state index in [2.05, 4.69) is 15.3 Å². The van der Waals surface area contributed by atoms with E-state index in [0.717, 1.165) is 23.8 Å². The van der Waals surface area contributed by atoms with Crippen LogP contribution >= 0.6 is 12.2 Å². The zero-order valence-corrected chi connectivity index (χ0v) is 10.3. The molecule has 1 atom stereocenters. The molecule has 0 bridgehead atoms. The summed E-state index contributed by atoms with van der Waals surface area (Å²) < 4.78 is 0. The largest absolute Gasteiger partial charge is 0.508 e. The summed E-state index contributed by atoms with van der Waals surface area (Å²) in [6, 6.07) is 7.31. The van der Waals surface area contributed by atoms with Crippen LogP contribution in [0.25, 0.3) is 0 Å². The lowest BCUT2D eigenvalue weighted by Gasteiger charge is -2.35. The summed E-state index contributed by atoms with van der Waals surface area (Å²) in [6.07, 6.45) is 2.51. The number of phenols is 1. The average molecular weight is 249 g/mol. The fourth-order valence-corrected chi connectivity index (χ4v) is 2.76. The minimum Gasteiger partial charge on any atom is -0.508 e. The smallest absolute Gasteiger partial charge is 0.185 e. The molecule has 2 heterocycles. The van der Waals surface area contributed by atoms with E-state index in [-0.39, 0.29) is 6.17 Å². The number of rotatable bonds is 1. The van der Waals surface area contributed by atoms with Gasteiger partial charge in [-0.15, -0.1) is 0 Å². The molecule has 0 saturated carbocycles. The van der Waals surface area contributed by atoms with Crippen molar-refractivity contribution in [3.63, 3.8) is 0 Å². The number of phenolic OH excluding ortho intramolecular Hbond substituents is 1. The number of hydrogen-bond donors (Lipinski definition) is 2. The zero-order chi connectivity index (χ0) is 11.8. The maximum Gasteiger partial charge on any atom is 0.185 e. The van der Waals surface area contributed by atoms with E-state index >= 15 is 0 Å². The van der Waals surface area contributed by atoms with Crippen LogP contribution in [-0.4, -0.2) is 33.3 Å². The van der Waals surface area contributed by atoms with Crippen molar-refractivity contribution in [3.8, 4) is 5.75 Å². The summed E-state index contributed by atoms with van der Waals surface area (Å²) in [5, 5.41) is 17.9. The first kappa shape index (κ1) is 10.8. The molecule has 90 valence electrons. The van der Waals surface area contributed by atoms with Crippen LogP contribution in [0.5, 0.6) is 5.75 Å². The number of fused-ring (bicyclic) bond motifs is 1. The van der Waals surface area contributed by atoms with Gasteiger partial charge >= 0.3 is 0 Å². The van der Waals surface area contributed by atoms with Crippen LogP contribution in [-0.2, 0) is 0 Å². The standard InChI is InChI=1S/C12H15N3OS/c16-10-5-3-9(4-6-10)11-13-12(17)15-8-2-1-7-14(11)15/h3-6,11,16H,1-2,7-8H2,(H,13,17). The predicted molar refractivity (Wildman–Crippen MR) is 69.2 cm³/mol. The van der Waals surface area contributed by atoms with Gasteiger partial charge in [0.1, 0.15) is 11.9 Å². The molecule has 3 rings (SSSR count). The fourth-order valence-electron chi connectivity index (χ4n) is 2.45. The van der Waals surface area contributed by atoms with Crippen molar-refractivity contribution < 1.29 is 5.11 Å². The molecule has 2 N–H and O–H groups in total. The summed E-state index contributed by atoms with van der Waals surface area (Å²) >= 11 is 5.34. The maximum atomic E-state index is 9.31. The van der Waals surface area contributed by atoms with Gasteiger partial charge in [-0.05, 0) is 42.8 Å². The van der Waals surface area contributed by atoms with Crippen LogP contribution in [0.15, 0.2) is 24.3 Å². The van der Waals surface area contributed by atoms with Gasteiger partial charge in [0.05, 0.1) is 0 Å². The molecular weight excluding hydrogens is 234 g/mol. The van der Waals surface area contributed by atoms with E-state index in [1.807, 2.05) is 12.1 Å². The Morgan fingerprint density at radius 3 is 2.65 bits per heavy atom. The van der Waals surface area contributed by atoms with Crippen molar-refractivity contribution in [3.05, 3.63) is 29.8 Å². The van der Waals surface area contributed by atoms with Crippen molar-refractivity contribution in [1.29, 1.82) is 0 Å². The Hall–Kier alpha value is -1.33. The Morgan fingerprint density at radius 1 is 1.18 bits per heavy atom. The van der Waals surface area contributed by atoms with Crippen LogP contribution in [0.4, 0.5) is 0 Å². The molecule has 0 aromatic heterocycles. The third kappa shape index (κ3) is 1.85. The first-order valence-corrected chi connectivity index (χ1v) is 6.30. The SMILES string of the molecule is Oc1ccc(C2NC(=S)N3CCCCN23)cc1. The quantitative estimate of drug-likeness (QED) is 0.740. The molecule has 0 radical (unpaired) electrons. The van der Waals surface area contributed by atoms with Gasteiger partial charge in [-0.2, -0.15) is 5.01 Å². The van der Waals surface area contributed by atoms with Crippen molar-refractivity contribution in [2.75, 3.05) is 13.1 Å². The van der Waals surface area contributed by atoms with Gasteiger partial charge in [0.15, 0.2) is 5.11 Å². The predicted octanol–water partition coefficient (Wildman–Crippen LogP) is 1.59. The highest BCUT2D eigenvalue weighted by molar-refractivity contribution is 7.80. The number of aromatic hydroxyl groups is 1. The second-order valence-electron chi connectivity index (χ2n) is 4.44. The third-order valence-corrected chi connectivity index (χ3v) is 3.65. The lowest BCUT2D eigenvalue weighted by Crippen LogP contribution is -2.44. The van der Waals surface area contributed by atoms with E-state index in [4.69, 9.17) is 12.2 Å². The number of nitrogens with zero attached hydrogens (tertiary/aromatic N) is 2. The second kappa shape index (κ2) is 4.16. The minimum atomic E-state index is 0.114. The van der Waals surface area contributed by atoms with E-state index in [0.29, 0.717) is 5.75 Å². The van der Waals surface area contributed by atoms with Crippen LogP contribution in [0, 0.1) is 0 Å². The summed E-state index contributed by atoms with van der Waals surface area (Å²) in [5.41, 5.74) is 1.13. The molecule has 0 aliphatic carbocycles. The van der Waals surface area contributed by atoms with Gasteiger partial charge < -0.3 is 10.4 Å². The number of hydrogen-bond acceptors (Lipinski definition) is 3. The molecule has 1 aromatic carbocycles. The van der Waals surface area contributed by atoms with Gasteiger partial charge in [0.2, 0.25) is 0 Å². The number of nitrogens with one attached hydrogen (secondary N) is 1. The molecule has 2 aliphatic rings. The van der Waals surface area contributed by atoms with Gasteiger partial charge in [-0.3, -0.25) is 5.01 Å². The molecule has 2 aliphatic heterocycles. The van der Waals surface area contributed by atoms with Crippen LogP contribution in [0.1, 0.15) is 24.6 Å². The monoisotopic (exact) mass is 249 g/mol. The Balaban J connectivity index is 1.88. The van der Waals surface area contributed by atoms with E-state index < -0.39 is 0 Å². The average Bonchev–Trinajstić information content (AvgIpc) is 2.69. The summed E-state index contributed by atoms with van der Waals surface area (Å²) in [7, 11) is 0. The fraction of sp³-hybridized carbons (Fsp3) is 0.417. The molecule has 5 heteroatoms. The molecule has 1 unspecified atom stereocenters. The first-order valence-electron chi connectivity index (χ1n) is 5.89. The van der Waals surface area contributed by atoms with Crippen molar-refractivity contribution in [1.82, 2.24) is 15.3 Å². The maximum absolute atomic E-state index is 9.31. The molecule has 2 fully saturated rings. The molecule has 0 amide bonds. The van der Waals surface area contributed by atoms with Gasteiger partial charge in [0.25, 0.3) is 0 Å². The molecule has 1 aromatic rings. The first-order chi connectivity index (χ1) is 8.25. The molecule has 4 nitrogen and oxygen atoms in total. The Labute approximate surface area is 106 Å². The van der Waals surface area contributed by atoms with Crippen molar-refractivity contribution in [2.45, 2.75) is 19.0 Å². The highest BCUT2D eigenvalue weighted by Gasteiger charge is 2.36. The zero-order valence-electron chi connectivity index (χ0n) is 9.47. The molecule has 17 heavy (non-hydrogen) atoms. The Morgan fingerprint density at radius 2 is 1.88 bits per heavy atom. The van der Waals surface area contributed by atoms with Gasteiger partial charge in [0, 0.05) is 13.1 Å². The van der Waals surface area contributed by atoms with Gasteiger partial charge in [-0.1, -0.05) is 12.1 Å². The lowest BCUT2D eigenvalue weighted by atomic mass is 10.1. The summed E-state index contributed by atoms with van der Waals surface area (Å²) in [4.78, 5) is 0. The highest BCUT2D eigenvalue weighted by atomic mass is 32.1. The molecular formula is C12H15N3OS. The molecule has 2 saturated heterocycles. The normalized spacial score (nSPS) is 24.6. The van der Waals surface area contributed by atoms with Crippen LogP contribution < -0.4 is 5.32 Å². The Bertz CT molecular complexity index is 434. The van der Waals surface area contributed by atoms with E-state index in [9.17, 15) is 5.11 Å². The summed E-state index contributed by atoms with van der Waals surface area (Å²) in [6.45, 7) is 2.03. The van der Waals surface area contributed by atoms with Crippen LogP contribution in [0.2, 0.25) is 0 Å². The third-order valence-electron chi connectivity index (χ3n) is 3.32. The molecule has 0 spiro atoms. The van der Waals surface area contributed by atoms with Crippen molar-refractivity contribution in [2.24, 2.45) is 0 Å². The number of thiocarbonyl (C=S) groups is 1. The van der Waals surface area contributed by atoms with Gasteiger partial charge in [-0.25, -0.2) is 0 Å². The number of benzene rings is 1. The van der Waals surface area contributed by atoms with Crippen LogP contribution in [0.3, 0.4) is 0 Å². The number of hydrazine groups is 1. The topological polar surface area (TPSA) is 38.7 Å². The Kier molecular flexibility index (Phi) is 2.64. The second-order valence-corrected chi connectivity index (χ2v) is 4.82. The highest BCUT2D eigenvalue weighted by Crippen LogP contribution is 2.29. The van der Waals surface area contributed by atoms with E-state index in [1.54, 1.807) is 12.1 Å². The van der Waals surface area contributed by atoms with Crippen molar-refractivity contribution >= 4 is 17.3 Å². The summed E-state index contributed by atoms with van der Waals surface area (Å²) in [5.74, 6) is 0.296. The lowest BCUT2D eigenvalue weighted by molar-refractivity contribution is 0.00343. The minimum absolute atomic E-state index is 0.114. The van der Waals surface area contributed by atoms with E-state index in [1.165, 1.54) is 12.8 Å².